The fraction of sp³-hybridized carbons (Fsp3) is 0.588. The van der Waals surface area contributed by atoms with Crippen LogP contribution in [0.3, 0.4) is 0 Å². The molecule has 0 saturated carbocycles. The second kappa shape index (κ2) is 12.5. The molecule has 0 aliphatic carbocycles. The van der Waals surface area contributed by atoms with E-state index in [1.165, 1.54) is 7.05 Å². The maximum absolute atomic E-state index is 11.7. The van der Waals surface area contributed by atoms with Crippen LogP contribution in [0.15, 0.2) is 34.2 Å². The molecule has 1 unspecified atom stereocenters. The summed E-state index contributed by atoms with van der Waals surface area (Å²) >= 11 is 0. The number of nitrogens with one attached hydrogen (secondary N) is 3. The third-order valence-corrected chi connectivity index (χ3v) is 5.47. The van der Waals surface area contributed by atoms with E-state index in [0.29, 0.717) is 25.7 Å². The second-order valence-corrected chi connectivity index (χ2v) is 7.80. The number of sulfonamides is 1. The number of hydrogen-bond donors (Lipinski definition) is 3. The fourth-order valence-corrected chi connectivity index (χ4v) is 3.21. The monoisotopic (exact) mass is 512 g/mol. The van der Waals surface area contributed by atoms with Crippen LogP contribution >= 0.6 is 24.0 Å². The lowest BCUT2D eigenvalue weighted by Gasteiger charge is -2.13. The molecule has 8 nitrogen and oxygen atoms in total. The highest BCUT2D eigenvalue weighted by Crippen LogP contribution is 2.10. The summed E-state index contributed by atoms with van der Waals surface area (Å²) in [5.74, 6) is 0.695. The predicted molar refractivity (Wildman–Crippen MR) is 116 cm³/mol. The number of ether oxygens (including phenoxy) is 2. The van der Waals surface area contributed by atoms with Gasteiger partial charge in [0, 0.05) is 33.4 Å². The quantitative estimate of drug-likeness (QED) is 0.198. The van der Waals surface area contributed by atoms with Gasteiger partial charge >= 0.3 is 0 Å². The largest absolute Gasteiger partial charge is 0.379 e. The molecule has 3 N–H and O–H groups in total. The lowest BCUT2D eigenvalue weighted by atomic mass is 10.2. The van der Waals surface area contributed by atoms with Gasteiger partial charge in [-0.15, -0.1) is 24.0 Å². The van der Waals surface area contributed by atoms with Crippen LogP contribution in [0.1, 0.15) is 18.4 Å². The van der Waals surface area contributed by atoms with Crippen LogP contribution in [-0.2, 0) is 26.0 Å². The van der Waals surface area contributed by atoms with Gasteiger partial charge < -0.3 is 20.1 Å². The lowest BCUT2D eigenvalue weighted by molar-refractivity contribution is 0.0420. The van der Waals surface area contributed by atoms with Crippen molar-refractivity contribution in [1.82, 2.24) is 15.4 Å². The van der Waals surface area contributed by atoms with E-state index in [2.05, 4.69) is 20.3 Å². The first-order valence-corrected chi connectivity index (χ1v) is 10.2. The fourth-order valence-electron chi connectivity index (χ4n) is 2.48. The van der Waals surface area contributed by atoms with Crippen LogP contribution in [0.5, 0.6) is 0 Å². The van der Waals surface area contributed by atoms with Crippen molar-refractivity contribution in [2.45, 2.75) is 30.4 Å². The highest BCUT2D eigenvalue weighted by Gasteiger charge is 2.15. The zero-order chi connectivity index (χ0) is 18.8. The van der Waals surface area contributed by atoms with Gasteiger partial charge in [0.25, 0.3) is 0 Å². The van der Waals surface area contributed by atoms with Gasteiger partial charge in [-0.1, -0.05) is 12.1 Å². The van der Waals surface area contributed by atoms with Crippen molar-refractivity contribution < 1.29 is 17.9 Å². The van der Waals surface area contributed by atoms with E-state index >= 15 is 0 Å². The average Bonchev–Trinajstić information content (AvgIpc) is 3.17. The van der Waals surface area contributed by atoms with Gasteiger partial charge in [0.2, 0.25) is 10.0 Å². The normalized spacial score (nSPS) is 17.4. The van der Waals surface area contributed by atoms with Crippen LogP contribution in [0.4, 0.5) is 0 Å². The number of nitrogens with zero attached hydrogens (tertiary/aromatic N) is 1. The molecule has 0 radical (unpaired) electrons. The molecule has 154 valence electrons. The van der Waals surface area contributed by atoms with Crippen LogP contribution in [-0.4, -0.2) is 60.9 Å². The molecule has 0 aromatic heterocycles. The first-order valence-electron chi connectivity index (χ1n) is 8.71. The smallest absolute Gasteiger partial charge is 0.240 e. The highest BCUT2D eigenvalue weighted by molar-refractivity contribution is 14.0. The predicted octanol–water partition coefficient (Wildman–Crippen LogP) is 1.07. The second-order valence-electron chi connectivity index (χ2n) is 5.91. The average molecular weight is 512 g/mol. The molecule has 2 rings (SSSR count). The van der Waals surface area contributed by atoms with Crippen molar-refractivity contribution in [3.63, 3.8) is 0 Å². The molecule has 1 aliphatic heterocycles. The van der Waals surface area contributed by atoms with Crippen molar-refractivity contribution in [3.05, 3.63) is 29.8 Å². The van der Waals surface area contributed by atoms with E-state index in [9.17, 15) is 8.42 Å². The van der Waals surface area contributed by atoms with Gasteiger partial charge in [-0.2, -0.15) is 0 Å². The van der Waals surface area contributed by atoms with Gasteiger partial charge in [-0.05, 0) is 37.6 Å². The Morgan fingerprint density at radius 1 is 1.30 bits per heavy atom. The van der Waals surface area contributed by atoms with Crippen LogP contribution in [0.25, 0.3) is 0 Å². The number of halogens is 1. The number of aliphatic imine (C=N–C) groups is 1. The molecule has 1 saturated heterocycles. The highest BCUT2D eigenvalue weighted by atomic mass is 127. The minimum Gasteiger partial charge on any atom is -0.379 e. The summed E-state index contributed by atoms with van der Waals surface area (Å²) in [6.07, 6.45) is 2.10. The van der Waals surface area contributed by atoms with Crippen molar-refractivity contribution >= 4 is 40.0 Å². The Bertz CT molecular complexity index is 677. The molecule has 1 aliphatic rings. The SMILES string of the molecule is CN=C(NCCCOC1CCOC1)NCc1ccc(S(=O)(=O)NC)cc1.I. The summed E-state index contributed by atoms with van der Waals surface area (Å²) in [4.78, 5) is 4.43. The lowest BCUT2D eigenvalue weighted by Crippen LogP contribution is -2.37. The molecule has 0 spiro atoms. The van der Waals surface area contributed by atoms with E-state index in [4.69, 9.17) is 9.47 Å². The standard InChI is InChI=1S/C17H28N4O4S.HI/c1-18-17(20-9-3-10-25-15-8-11-24-13-15)21-12-14-4-6-16(7-5-14)26(22,23)19-2;/h4-7,15,19H,3,8-13H2,1-2H3,(H2,18,20,21);1H. The maximum atomic E-state index is 11.7. The zero-order valence-electron chi connectivity index (χ0n) is 15.7. The molecule has 0 amide bonds. The molecule has 27 heavy (non-hydrogen) atoms. The minimum absolute atomic E-state index is 0. The van der Waals surface area contributed by atoms with E-state index in [-0.39, 0.29) is 35.0 Å². The van der Waals surface area contributed by atoms with Gasteiger partial charge in [-0.25, -0.2) is 13.1 Å². The van der Waals surface area contributed by atoms with Crippen LogP contribution < -0.4 is 15.4 Å². The summed E-state index contributed by atoms with van der Waals surface area (Å²) in [6, 6.07) is 6.73. The van der Waals surface area contributed by atoms with Gasteiger partial charge in [-0.3, -0.25) is 4.99 Å². The molecular weight excluding hydrogens is 483 g/mol. The Morgan fingerprint density at radius 2 is 2.04 bits per heavy atom. The van der Waals surface area contributed by atoms with Gasteiger partial charge in [0.15, 0.2) is 5.96 Å². The molecular formula is C17H29IN4O4S. The van der Waals surface area contributed by atoms with Crippen molar-refractivity contribution in [2.24, 2.45) is 4.99 Å². The molecule has 10 heteroatoms. The van der Waals surface area contributed by atoms with Crippen molar-refractivity contribution in [1.29, 1.82) is 0 Å². The molecule has 1 aromatic rings. The van der Waals surface area contributed by atoms with E-state index in [1.807, 2.05) is 0 Å². The first-order chi connectivity index (χ1) is 12.5. The Kier molecular flexibility index (Phi) is 11.1. The van der Waals surface area contributed by atoms with E-state index < -0.39 is 10.0 Å². The van der Waals surface area contributed by atoms with Gasteiger partial charge in [0.05, 0.1) is 17.6 Å². The molecule has 1 aromatic carbocycles. The number of guanidine groups is 1. The maximum Gasteiger partial charge on any atom is 0.240 e. The molecule has 1 atom stereocenters. The van der Waals surface area contributed by atoms with Crippen molar-refractivity contribution in [3.8, 4) is 0 Å². The zero-order valence-corrected chi connectivity index (χ0v) is 18.9. The Balaban J connectivity index is 0.00000364. The number of hydrogen-bond acceptors (Lipinski definition) is 5. The summed E-state index contributed by atoms with van der Waals surface area (Å²) in [5, 5.41) is 6.43. The summed E-state index contributed by atoms with van der Waals surface area (Å²) in [6.45, 7) is 3.49. The van der Waals surface area contributed by atoms with Crippen LogP contribution in [0, 0.1) is 0 Å². The summed E-state index contributed by atoms with van der Waals surface area (Å²) < 4.78 is 36.7. The summed E-state index contributed by atoms with van der Waals surface area (Å²) in [5.41, 5.74) is 0.965. The number of benzene rings is 1. The van der Waals surface area contributed by atoms with Crippen molar-refractivity contribution in [2.75, 3.05) is 40.5 Å². The third-order valence-electron chi connectivity index (χ3n) is 4.04. The minimum atomic E-state index is -3.40. The first kappa shape index (κ1) is 24.1. The molecule has 0 bridgehead atoms. The molecule has 1 fully saturated rings. The van der Waals surface area contributed by atoms with E-state index in [1.54, 1.807) is 31.3 Å². The Hall–Kier alpha value is -0.950. The van der Waals surface area contributed by atoms with Gasteiger partial charge in [0.1, 0.15) is 0 Å². The van der Waals surface area contributed by atoms with Crippen LogP contribution in [0.2, 0.25) is 0 Å². The molecule has 1 heterocycles. The Morgan fingerprint density at radius 3 is 2.63 bits per heavy atom. The third kappa shape index (κ3) is 8.30. The number of rotatable bonds is 9. The van der Waals surface area contributed by atoms with E-state index in [0.717, 1.165) is 31.6 Å². The topological polar surface area (TPSA) is 101 Å². The summed E-state index contributed by atoms with van der Waals surface area (Å²) in [7, 11) is -0.292. The Labute approximate surface area is 178 Å².